The van der Waals surface area contributed by atoms with Crippen LogP contribution in [0.1, 0.15) is 30.4 Å². The van der Waals surface area contributed by atoms with Crippen molar-refractivity contribution in [2.75, 3.05) is 17.8 Å². The van der Waals surface area contributed by atoms with Crippen molar-refractivity contribution in [3.8, 4) is 17.2 Å². The number of rotatable bonds is 6. The third-order valence-electron chi connectivity index (χ3n) is 6.67. The maximum absolute atomic E-state index is 13.0. The number of ether oxygens (including phenoxy) is 1. The van der Waals surface area contributed by atoms with Crippen LogP contribution < -0.4 is 9.46 Å². The molecular weight excluding hydrogens is 491 g/mol. The molecule has 1 fully saturated rings. The van der Waals surface area contributed by atoms with Crippen LogP contribution in [0.25, 0.3) is 0 Å². The van der Waals surface area contributed by atoms with Crippen LogP contribution in [0.3, 0.4) is 0 Å². The van der Waals surface area contributed by atoms with Gasteiger partial charge in [0.25, 0.3) is 10.0 Å². The molecule has 0 atom stereocenters. The Morgan fingerprint density at radius 1 is 0.914 bits per heavy atom. The molecule has 5 rings (SSSR count). The van der Waals surface area contributed by atoms with E-state index in [4.69, 9.17) is 4.74 Å². The first-order valence-corrected chi connectivity index (χ1v) is 13.0. The molecule has 186 valence electrons. The molecule has 2 N–H and O–H groups in total. The van der Waals surface area contributed by atoms with Gasteiger partial charge in [0.15, 0.2) is 0 Å². The van der Waals surface area contributed by atoms with Gasteiger partial charge < -0.3 is 9.84 Å². The van der Waals surface area contributed by atoms with Gasteiger partial charge in [0.2, 0.25) is 0 Å². The number of phenolic OH excluding ortho intramolecular Hbond substituents is 1. The predicted molar refractivity (Wildman–Crippen MR) is 136 cm³/mol. The molecule has 1 saturated carbocycles. The van der Waals surface area contributed by atoms with Crippen LogP contribution in [-0.4, -0.2) is 37.6 Å². The Morgan fingerprint density at radius 2 is 1.49 bits per heavy atom. The van der Waals surface area contributed by atoms with E-state index in [9.17, 15) is 17.9 Å². The number of anilines is 1. The second kappa shape index (κ2) is 10.4. The highest BCUT2D eigenvalue weighted by molar-refractivity contribution is 7.92. The highest BCUT2D eigenvalue weighted by Crippen LogP contribution is 2.33. The number of hydrogen-bond donors (Lipinski definition) is 2. The summed E-state index contributed by atoms with van der Waals surface area (Å²) in [6, 6.07) is 15.6. The Morgan fingerprint density at radius 3 is 2.06 bits per heavy atom. The van der Waals surface area contributed by atoms with Crippen LogP contribution in [0.15, 0.2) is 65.6 Å². The fraction of sp³-hybridized carbons (Fsp3) is 0.308. The molecule has 0 bridgehead atoms. The number of aromatic hydroxyl groups is 1. The molecule has 0 saturated heterocycles. The molecule has 3 aromatic rings. The molecule has 0 amide bonds. The first kappa shape index (κ1) is 25.3. The van der Waals surface area contributed by atoms with Gasteiger partial charge in [-0.25, -0.2) is 12.8 Å². The highest BCUT2D eigenvalue weighted by atomic mass is 35.5. The minimum absolute atomic E-state index is 0. The monoisotopic (exact) mass is 518 g/mol. The van der Waals surface area contributed by atoms with Gasteiger partial charge in [0.1, 0.15) is 23.1 Å². The lowest BCUT2D eigenvalue weighted by Crippen LogP contribution is -2.41. The van der Waals surface area contributed by atoms with E-state index < -0.39 is 10.0 Å². The molecule has 35 heavy (non-hydrogen) atoms. The minimum Gasteiger partial charge on any atom is -0.506 e. The van der Waals surface area contributed by atoms with Crippen LogP contribution in [0, 0.1) is 5.82 Å². The number of fused-ring (bicyclic) bond motifs is 1. The lowest BCUT2D eigenvalue weighted by molar-refractivity contribution is 0.133. The molecule has 1 aliphatic carbocycles. The van der Waals surface area contributed by atoms with Gasteiger partial charge in [0, 0.05) is 19.1 Å². The summed E-state index contributed by atoms with van der Waals surface area (Å²) in [6.07, 6.45) is 5.47. The van der Waals surface area contributed by atoms with E-state index in [1.807, 2.05) is 0 Å². The molecule has 1 heterocycles. The van der Waals surface area contributed by atoms with E-state index in [1.54, 1.807) is 12.1 Å². The molecule has 9 heteroatoms. The quantitative estimate of drug-likeness (QED) is 0.421. The molecule has 0 unspecified atom stereocenters. The van der Waals surface area contributed by atoms with Crippen LogP contribution in [0.2, 0.25) is 0 Å². The Balaban J connectivity index is 0.00000289. The van der Waals surface area contributed by atoms with Crippen molar-refractivity contribution in [2.45, 2.75) is 43.0 Å². The number of sulfonamides is 1. The summed E-state index contributed by atoms with van der Waals surface area (Å²) in [6.45, 7) is 1.92. The van der Waals surface area contributed by atoms with Crippen molar-refractivity contribution >= 4 is 28.1 Å². The fourth-order valence-electron chi connectivity index (χ4n) is 4.51. The van der Waals surface area contributed by atoms with E-state index in [0.717, 1.165) is 37.1 Å². The van der Waals surface area contributed by atoms with Crippen molar-refractivity contribution in [1.82, 2.24) is 4.90 Å². The second-order valence-electron chi connectivity index (χ2n) is 8.89. The summed E-state index contributed by atoms with van der Waals surface area (Å²) in [7, 11) is -3.91. The van der Waals surface area contributed by atoms with Crippen LogP contribution >= 0.6 is 12.4 Å². The molecule has 1 aliphatic heterocycles. The number of benzene rings is 3. The molecular formula is C26H28ClFN2O4S. The van der Waals surface area contributed by atoms with Crippen LogP contribution in [-0.2, 0) is 22.9 Å². The Kier molecular flexibility index (Phi) is 7.54. The summed E-state index contributed by atoms with van der Waals surface area (Å²) in [5, 5.41) is 10.5. The zero-order valence-electron chi connectivity index (χ0n) is 19.1. The predicted octanol–water partition coefficient (Wildman–Crippen LogP) is 5.50. The van der Waals surface area contributed by atoms with Gasteiger partial charge >= 0.3 is 0 Å². The summed E-state index contributed by atoms with van der Waals surface area (Å²) in [4.78, 5) is 2.56. The average molecular weight is 519 g/mol. The number of hydrogen-bond acceptors (Lipinski definition) is 5. The van der Waals surface area contributed by atoms with Crippen molar-refractivity contribution in [3.63, 3.8) is 0 Å². The molecule has 3 aromatic carbocycles. The number of halogens is 2. The van der Waals surface area contributed by atoms with Gasteiger partial charge in [0.05, 0.1) is 10.6 Å². The van der Waals surface area contributed by atoms with Gasteiger partial charge in [-0.3, -0.25) is 9.62 Å². The minimum atomic E-state index is -3.91. The zero-order chi connectivity index (χ0) is 23.7. The maximum atomic E-state index is 13.0. The second-order valence-corrected chi connectivity index (χ2v) is 10.6. The summed E-state index contributed by atoms with van der Waals surface area (Å²) >= 11 is 0. The standard InChI is InChI=1S/C26H27FN2O4S.ClH/c27-20-4-6-22(7-5-20)33-23-8-10-24(11-9-23)34(31,32)28-25-16-18-12-14-29(21-2-1-3-21)15-13-19(18)17-26(25)30;/h4-11,16-17,21,28,30H,1-3,12-15H2;1H. The normalized spacial score (nSPS) is 16.4. The first-order chi connectivity index (χ1) is 16.4. The van der Waals surface area contributed by atoms with Crippen LogP contribution in [0.4, 0.5) is 10.1 Å². The highest BCUT2D eigenvalue weighted by Gasteiger charge is 2.27. The van der Waals surface area contributed by atoms with Gasteiger partial charge in [-0.1, -0.05) is 6.42 Å². The summed E-state index contributed by atoms with van der Waals surface area (Å²) in [5.74, 6) is 0.433. The SMILES string of the molecule is Cl.O=S(=O)(Nc1cc2c(cc1O)CCN(C1CCC1)CC2)c1ccc(Oc2ccc(F)cc2)cc1. The van der Waals surface area contributed by atoms with E-state index in [1.165, 1.54) is 67.8 Å². The smallest absolute Gasteiger partial charge is 0.262 e. The van der Waals surface area contributed by atoms with E-state index in [-0.39, 0.29) is 34.6 Å². The lowest BCUT2D eigenvalue weighted by Gasteiger charge is -2.36. The van der Waals surface area contributed by atoms with Crippen molar-refractivity contribution in [1.29, 1.82) is 0 Å². The first-order valence-electron chi connectivity index (χ1n) is 11.5. The third kappa shape index (κ3) is 5.72. The molecule has 0 aromatic heterocycles. The fourth-order valence-corrected chi connectivity index (χ4v) is 5.57. The van der Waals surface area contributed by atoms with Crippen molar-refractivity contribution in [3.05, 3.63) is 77.6 Å². The van der Waals surface area contributed by atoms with E-state index >= 15 is 0 Å². The van der Waals surface area contributed by atoms with Gasteiger partial charge in [-0.05, 0) is 97.5 Å². The molecule has 0 spiro atoms. The largest absolute Gasteiger partial charge is 0.506 e. The lowest BCUT2D eigenvalue weighted by atomic mass is 9.91. The number of nitrogens with one attached hydrogen (secondary N) is 1. The van der Waals surface area contributed by atoms with Gasteiger partial charge in [-0.15, -0.1) is 12.4 Å². The molecule has 6 nitrogen and oxygen atoms in total. The summed E-state index contributed by atoms with van der Waals surface area (Å²) in [5.41, 5.74) is 2.33. The Bertz CT molecular complexity index is 1280. The third-order valence-corrected chi connectivity index (χ3v) is 8.05. The van der Waals surface area contributed by atoms with E-state index in [0.29, 0.717) is 17.5 Å². The molecule has 0 radical (unpaired) electrons. The van der Waals surface area contributed by atoms with Gasteiger partial charge in [-0.2, -0.15) is 0 Å². The van der Waals surface area contributed by atoms with E-state index in [2.05, 4.69) is 9.62 Å². The molecule has 2 aliphatic rings. The van der Waals surface area contributed by atoms with Crippen molar-refractivity contribution < 1.29 is 22.7 Å². The zero-order valence-corrected chi connectivity index (χ0v) is 20.7. The Labute approximate surface area is 211 Å². The average Bonchev–Trinajstić information content (AvgIpc) is 2.97. The topological polar surface area (TPSA) is 78.9 Å². The van der Waals surface area contributed by atoms with Crippen molar-refractivity contribution in [2.24, 2.45) is 0 Å². The maximum Gasteiger partial charge on any atom is 0.262 e. The number of nitrogens with zero attached hydrogens (tertiary/aromatic N) is 1. The van der Waals surface area contributed by atoms with Crippen LogP contribution in [0.5, 0.6) is 17.2 Å². The number of phenols is 1. The summed E-state index contributed by atoms with van der Waals surface area (Å²) < 4.78 is 47.1. The Hall–Kier alpha value is -2.81.